The van der Waals surface area contributed by atoms with Crippen molar-refractivity contribution in [3.8, 4) is 0 Å². The number of ether oxygens (including phenoxy) is 1. The molecule has 1 saturated heterocycles. The topological polar surface area (TPSA) is 21.3 Å². The fourth-order valence-corrected chi connectivity index (χ4v) is 2.67. The lowest BCUT2D eigenvalue weighted by molar-refractivity contribution is 0.0808. The van der Waals surface area contributed by atoms with Gasteiger partial charge >= 0.3 is 0 Å². The van der Waals surface area contributed by atoms with Crippen molar-refractivity contribution in [3.05, 3.63) is 33.8 Å². The molecule has 0 radical (unpaired) electrons. The van der Waals surface area contributed by atoms with E-state index < -0.39 is 0 Å². The molecule has 2 rings (SSSR count). The normalized spacial score (nSPS) is 21.7. The Kier molecular flexibility index (Phi) is 4.69. The Bertz CT molecular complexity index is 378. The van der Waals surface area contributed by atoms with Crippen LogP contribution in [0.3, 0.4) is 0 Å². The lowest BCUT2D eigenvalue weighted by Gasteiger charge is -2.23. The number of rotatable bonds is 4. The fraction of sp³-hybridized carbons (Fsp3) is 0.538. The fourth-order valence-electron chi connectivity index (χ4n) is 2.28. The second kappa shape index (κ2) is 6.05. The second-order valence-electron chi connectivity index (χ2n) is 4.39. The van der Waals surface area contributed by atoms with E-state index in [4.69, 9.17) is 27.9 Å². The quantitative estimate of drug-likeness (QED) is 0.909. The first-order valence-corrected chi connectivity index (χ1v) is 6.69. The van der Waals surface area contributed by atoms with Gasteiger partial charge in [-0.15, -0.1) is 0 Å². The molecule has 4 heteroatoms. The smallest absolute Gasteiger partial charge is 0.0732 e. The van der Waals surface area contributed by atoms with Crippen molar-refractivity contribution in [1.29, 1.82) is 0 Å². The summed E-state index contributed by atoms with van der Waals surface area (Å²) in [5.41, 5.74) is 1.08. The van der Waals surface area contributed by atoms with Crippen LogP contribution in [-0.4, -0.2) is 25.8 Å². The van der Waals surface area contributed by atoms with E-state index in [0.717, 1.165) is 41.5 Å². The number of halogens is 2. The maximum atomic E-state index is 6.18. The van der Waals surface area contributed by atoms with Gasteiger partial charge in [0.25, 0.3) is 0 Å². The Morgan fingerprint density at radius 2 is 2.29 bits per heavy atom. The summed E-state index contributed by atoms with van der Waals surface area (Å²) in [4.78, 5) is 0. The van der Waals surface area contributed by atoms with Crippen molar-refractivity contribution < 1.29 is 4.74 Å². The Hall–Kier alpha value is -0.280. The Morgan fingerprint density at radius 1 is 1.47 bits per heavy atom. The highest BCUT2D eigenvalue weighted by Gasteiger charge is 2.25. The van der Waals surface area contributed by atoms with Gasteiger partial charge in [-0.25, -0.2) is 0 Å². The standard InChI is InChI=1S/C13H17Cl2NO/c1-16-12(13-3-2-6-17-13)8-9-7-10(14)4-5-11(9)15/h4-5,7,12-13,16H,2-3,6,8H2,1H3. The second-order valence-corrected chi connectivity index (χ2v) is 5.23. The average Bonchev–Trinajstić information content (AvgIpc) is 2.84. The highest BCUT2D eigenvalue weighted by Crippen LogP contribution is 2.25. The van der Waals surface area contributed by atoms with Crippen LogP contribution in [0.4, 0.5) is 0 Å². The maximum absolute atomic E-state index is 6.18. The van der Waals surface area contributed by atoms with Crippen LogP contribution in [0, 0.1) is 0 Å². The Balaban J connectivity index is 2.09. The summed E-state index contributed by atoms with van der Waals surface area (Å²) in [5.74, 6) is 0. The molecule has 2 atom stereocenters. The van der Waals surface area contributed by atoms with Gasteiger partial charge in [-0.3, -0.25) is 0 Å². The van der Waals surface area contributed by atoms with E-state index in [1.165, 1.54) is 0 Å². The first-order valence-electron chi connectivity index (χ1n) is 5.93. The van der Waals surface area contributed by atoms with E-state index in [1.54, 1.807) is 0 Å². The summed E-state index contributed by atoms with van der Waals surface area (Å²) in [7, 11) is 1.96. The molecular formula is C13H17Cl2NO. The predicted octanol–water partition coefficient (Wildman–Crippen LogP) is 3.30. The van der Waals surface area contributed by atoms with Gasteiger partial charge in [0.15, 0.2) is 0 Å². The summed E-state index contributed by atoms with van der Waals surface area (Å²) < 4.78 is 5.71. The predicted molar refractivity (Wildman–Crippen MR) is 72.0 cm³/mol. The monoisotopic (exact) mass is 273 g/mol. The van der Waals surface area contributed by atoms with Crippen LogP contribution in [0.25, 0.3) is 0 Å². The van der Waals surface area contributed by atoms with Gasteiger partial charge in [0, 0.05) is 22.7 Å². The van der Waals surface area contributed by atoms with E-state index in [9.17, 15) is 0 Å². The van der Waals surface area contributed by atoms with Crippen molar-refractivity contribution >= 4 is 23.2 Å². The van der Waals surface area contributed by atoms with Gasteiger partial charge in [-0.1, -0.05) is 23.2 Å². The molecule has 0 aliphatic carbocycles. The number of nitrogens with one attached hydrogen (secondary N) is 1. The molecule has 0 saturated carbocycles. The van der Waals surface area contributed by atoms with E-state index in [2.05, 4.69) is 5.32 Å². The average molecular weight is 274 g/mol. The van der Waals surface area contributed by atoms with Gasteiger partial charge in [0.1, 0.15) is 0 Å². The molecule has 1 aromatic rings. The van der Waals surface area contributed by atoms with Gasteiger partial charge in [0.05, 0.1) is 6.10 Å². The van der Waals surface area contributed by atoms with Crippen LogP contribution in [0.1, 0.15) is 18.4 Å². The summed E-state index contributed by atoms with van der Waals surface area (Å²) in [6.45, 7) is 0.867. The highest BCUT2D eigenvalue weighted by atomic mass is 35.5. The van der Waals surface area contributed by atoms with E-state index in [-0.39, 0.29) is 6.10 Å². The van der Waals surface area contributed by atoms with Crippen molar-refractivity contribution in [2.24, 2.45) is 0 Å². The first kappa shape index (κ1) is 13.2. The molecule has 1 aliphatic rings. The van der Waals surface area contributed by atoms with Crippen molar-refractivity contribution in [2.75, 3.05) is 13.7 Å². The van der Waals surface area contributed by atoms with E-state index in [0.29, 0.717) is 6.04 Å². The first-order chi connectivity index (χ1) is 8.20. The molecular weight excluding hydrogens is 257 g/mol. The lowest BCUT2D eigenvalue weighted by atomic mass is 9.99. The van der Waals surface area contributed by atoms with Crippen LogP contribution < -0.4 is 5.32 Å². The molecule has 17 heavy (non-hydrogen) atoms. The van der Waals surface area contributed by atoms with E-state index >= 15 is 0 Å². The van der Waals surface area contributed by atoms with Crippen LogP contribution in [0.2, 0.25) is 10.0 Å². The van der Waals surface area contributed by atoms with Gasteiger partial charge < -0.3 is 10.1 Å². The summed E-state index contributed by atoms with van der Waals surface area (Å²) in [6.07, 6.45) is 3.39. The molecule has 0 bridgehead atoms. The van der Waals surface area contributed by atoms with Crippen molar-refractivity contribution in [3.63, 3.8) is 0 Å². The SMILES string of the molecule is CNC(Cc1cc(Cl)ccc1Cl)C1CCCO1. The molecule has 0 spiro atoms. The zero-order valence-corrected chi connectivity index (χ0v) is 11.4. The minimum Gasteiger partial charge on any atom is -0.377 e. The molecule has 1 fully saturated rings. The summed E-state index contributed by atoms with van der Waals surface area (Å²) in [6, 6.07) is 5.90. The number of hydrogen-bond donors (Lipinski definition) is 1. The minimum atomic E-state index is 0.287. The minimum absolute atomic E-state index is 0.287. The largest absolute Gasteiger partial charge is 0.377 e. The van der Waals surface area contributed by atoms with E-state index in [1.807, 2.05) is 25.2 Å². The molecule has 1 heterocycles. The zero-order valence-electron chi connectivity index (χ0n) is 9.88. The molecule has 0 aromatic heterocycles. The van der Waals surface area contributed by atoms with Crippen LogP contribution >= 0.6 is 23.2 Å². The number of likely N-dealkylation sites (N-methyl/N-ethyl adjacent to an activating group) is 1. The molecule has 94 valence electrons. The lowest BCUT2D eigenvalue weighted by Crippen LogP contribution is -2.39. The maximum Gasteiger partial charge on any atom is 0.0732 e. The number of hydrogen-bond acceptors (Lipinski definition) is 2. The molecule has 2 nitrogen and oxygen atoms in total. The Morgan fingerprint density at radius 3 is 2.94 bits per heavy atom. The Labute approximate surface area is 112 Å². The van der Waals surface area contributed by atoms with Crippen LogP contribution in [0.5, 0.6) is 0 Å². The molecule has 1 aromatic carbocycles. The van der Waals surface area contributed by atoms with Gasteiger partial charge in [-0.05, 0) is 50.1 Å². The molecule has 2 unspecified atom stereocenters. The third-order valence-corrected chi connectivity index (χ3v) is 3.84. The zero-order chi connectivity index (χ0) is 12.3. The third kappa shape index (κ3) is 3.35. The third-order valence-electron chi connectivity index (χ3n) is 3.23. The summed E-state index contributed by atoms with van der Waals surface area (Å²) in [5, 5.41) is 4.81. The van der Waals surface area contributed by atoms with Gasteiger partial charge in [-0.2, -0.15) is 0 Å². The molecule has 1 N–H and O–H groups in total. The molecule has 0 amide bonds. The van der Waals surface area contributed by atoms with Crippen LogP contribution in [0.15, 0.2) is 18.2 Å². The van der Waals surface area contributed by atoms with Crippen molar-refractivity contribution in [2.45, 2.75) is 31.4 Å². The highest BCUT2D eigenvalue weighted by molar-refractivity contribution is 6.33. The van der Waals surface area contributed by atoms with Gasteiger partial charge in [0.2, 0.25) is 0 Å². The number of benzene rings is 1. The molecule has 1 aliphatic heterocycles. The summed E-state index contributed by atoms with van der Waals surface area (Å²) >= 11 is 12.2. The van der Waals surface area contributed by atoms with Crippen LogP contribution in [-0.2, 0) is 11.2 Å². The van der Waals surface area contributed by atoms with Crippen molar-refractivity contribution in [1.82, 2.24) is 5.32 Å².